The number of ether oxygens (including phenoxy) is 1. The van der Waals surface area contributed by atoms with Gasteiger partial charge in [-0.25, -0.2) is 4.79 Å². The van der Waals surface area contributed by atoms with Crippen LogP contribution in [0.5, 0.6) is 0 Å². The minimum Gasteiger partial charge on any atom is -0.465 e. The van der Waals surface area contributed by atoms with Crippen LogP contribution in [-0.2, 0) is 4.74 Å². The second-order valence-electron chi connectivity index (χ2n) is 7.21. The van der Waals surface area contributed by atoms with Crippen LogP contribution in [0.2, 0.25) is 0 Å². The number of nitrogens with zero attached hydrogens (tertiary/aromatic N) is 3. The summed E-state index contributed by atoms with van der Waals surface area (Å²) in [6.45, 7) is 0.673. The number of thiocarbonyl (C=S) groups is 1. The quantitative estimate of drug-likeness (QED) is 0.435. The SMILES string of the molecule is COC(=O)c1ccccc1-n1cccc1[C@@H]1[C@H](c2ccccn2)NC(=S)N1CCCO. The molecule has 7 nitrogen and oxygen atoms in total. The van der Waals surface area contributed by atoms with Gasteiger partial charge in [-0.1, -0.05) is 18.2 Å². The second-order valence-corrected chi connectivity index (χ2v) is 7.60. The average molecular weight is 437 g/mol. The van der Waals surface area contributed by atoms with Gasteiger partial charge in [0, 0.05) is 31.2 Å². The van der Waals surface area contributed by atoms with Gasteiger partial charge in [0.2, 0.25) is 0 Å². The molecule has 2 atom stereocenters. The standard InChI is InChI=1S/C23H24N4O3S/c1-30-22(29)16-8-2-3-10-18(16)26-13-6-11-19(26)21-20(17-9-4-5-12-24-17)25-23(31)27(21)14-7-15-28/h2-6,8-13,20-21,28H,7,14-15H2,1H3,(H,25,31)/t20-,21+/m0/s1. The zero-order chi connectivity index (χ0) is 21.8. The Morgan fingerprint density at radius 1 is 1.19 bits per heavy atom. The number of aliphatic hydroxyl groups is 1. The van der Waals surface area contributed by atoms with Crippen LogP contribution in [0.4, 0.5) is 0 Å². The van der Waals surface area contributed by atoms with E-state index in [1.165, 1.54) is 7.11 Å². The van der Waals surface area contributed by atoms with E-state index >= 15 is 0 Å². The van der Waals surface area contributed by atoms with E-state index in [2.05, 4.69) is 15.2 Å². The number of nitrogens with one attached hydrogen (secondary N) is 1. The number of para-hydroxylation sites is 1. The molecule has 2 aromatic heterocycles. The van der Waals surface area contributed by atoms with Crippen LogP contribution < -0.4 is 5.32 Å². The number of hydrogen-bond acceptors (Lipinski definition) is 5. The van der Waals surface area contributed by atoms with Crippen LogP contribution in [0.3, 0.4) is 0 Å². The third-order valence-corrected chi connectivity index (χ3v) is 5.76. The molecule has 31 heavy (non-hydrogen) atoms. The fourth-order valence-electron chi connectivity index (χ4n) is 4.03. The summed E-state index contributed by atoms with van der Waals surface area (Å²) in [6, 6.07) is 16.8. The maximum absolute atomic E-state index is 12.4. The lowest BCUT2D eigenvalue weighted by Gasteiger charge is -2.29. The van der Waals surface area contributed by atoms with Crippen molar-refractivity contribution in [1.29, 1.82) is 0 Å². The molecule has 0 unspecified atom stereocenters. The van der Waals surface area contributed by atoms with Crippen LogP contribution in [-0.4, -0.2) is 50.9 Å². The summed E-state index contributed by atoms with van der Waals surface area (Å²) in [5.74, 6) is -0.395. The minimum atomic E-state index is -0.395. The van der Waals surface area contributed by atoms with Crippen LogP contribution in [0.15, 0.2) is 67.0 Å². The maximum atomic E-state index is 12.4. The number of methoxy groups -OCH3 is 1. The topological polar surface area (TPSA) is 79.6 Å². The third-order valence-electron chi connectivity index (χ3n) is 5.41. The lowest BCUT2D eigenvalue weighted by Crippen LogP contribution is -2.32. The fraction of sp³-hybridized carbons (Fsp3) is 0.261. The third kappa shape index (κ3) is 4.04. The Morgan fingerprint density at radius 2 is 2.00 bits per heavy atom. The number of rotatable bonds is 7. The van der Waals surface area contributed by atoms with Crippen molar-refractivity contribution in [3.8, 4) is 5.69 Å². The molecule has 0 radical (unpaired) electrons. The van der Waals surface area contributed by atoms with E-state index in [9.17, 15) is 9.90 Å². The molecule has 3 heterocycles. The van der Waals surface area contributed by atoms with Gasteiger partial charge in [-0.2, -0.15) is 0 Å². The van der Waals surface area contributed by atoms with Gasteiger partial charge in [0.05, 0.1) is 36.1 Å². The number of carbonyl (C=O) groups is 1. The van der Waals surface area contributed by atoms with E-state index in [0.717, 1.165) is 17.1 Å². The number of benzene rings is 1. The summed E-state index contributed by atoms with van der Waals surface area (Å²) >= 11 is 5.65. The number of hydrogen-bond donors (Lipinski definition) is 2. The molecule has 3 aromatic rings. The van der Waals surface area contributed by atoms with Crippen LogP contribution in [0.1, 0.15) is 40.3 Å². The molecule has 1 aliphatic heterocycles. The Morgan fingerprint density at radius 3 is 2.74 bits per heavy atom. The van der Waals surface area contributed by atoms with Gasteiger partial charge in [-0.15, -0.1) is 0 Å². The summed E-state index contributed by atoms with van der Waals surface area (Å²) in [5, 5.41) is 13.4. The molecule has 0 bridgehead atoms. The van der Waals surface area contributed by atoms with Crippen molar-refractivity contribution >= 4 is 23.3 Å². The molecule has 160 valence electrons. The van der Waals surface area contributed by atoms with Crippen molar-refractivity contribution in [3.05, 3.63) is 83.9 Å². The zero-order valence-corrected chi connectivity index (χ0v) is 18.0. The second kappa shape index (κ2) is 9.28. The monoisotopic (exact) mass is 436 g/mol. The van der Waals surface area contributed by atoms with Gasteiger partial charge < -0.3 is 24.6 Å². The number of esters is 1. The predicted octanol–water partition coefficient (Wildman–Crippen LogP) is 3.01. The number of pyridine rings is 1. The van der Waals surface area contributed by atoms with Crippen molar-refractivity contribution in [2.24, 2.45) is 0 Å². The first-order chi connectivity index (χ1) is 15.2. The van der Waals surface area contributed by atoms with E-state index in [-0.39, 0.29) is 18.7 Å². The van der Waals surface area contributed by atoms with Gasteiger partial charge in [0.15, 0.2) is 5.11 Å². The van der Waals surface area contributed by atoms with Crippen LogP contribution >= 0.6 is 12.2 Å². The van der Waals surface area contributed by atoms with Gasteiger partial charge in [0.25, 0.3) is 0 Å². The molecule has 0 aliphatic carbocycles. The van der Waals surface area contributed by atoms with E-state index in [0.29, 0.717) is 23.6 Å². The molecule has 1 aliphatic rings. The number of carbonyl (C=O) groups excluding carboxylic acids is 1. The highest BCUT2D eigenvalue weighted by atomic mass is 32.1. The van der Waals surface area contributed by atoms with E-state index in [1.807, 2.05) is 59.3 Å². The Kier molecular flexibility index (Phi) is 6.29. The maximum Gasteiger partial charge on any atom is 0.339 e. The van der Waals surface area contributed by atoms with Gasteiger partial charge in [0.1, 0.15) is 0 Å². The van der Waals surface area contributed by atoms with Crippen molar-refractivity contribution in [2.75, 3.05) is 20.3 Å². The lowest BCUT2D eigenvalue weighted by molar-refractivity contribution is 0.0600. The van der Waals surface area contributed by atoms with Crippen molar-refractivity contribution < 1.29 is 14.6 Å². The molecule has 8 heteroatoms. The highest BCUT2D eigenvalue weighted by Gasteiger charge is 2.41. The summed E-state index contributed by atoms with van der Waals surface area (Å²) in [6.07, 6.45) is 4.28. The molecule has 0 amide bonds. The normalized spacial score (nSPS) is 18.1. The van der Waals surface area contributed by atoms with Crippen molar-refractivity contribution in [1.82, 2.24) is 19.8 Å². The number of aromatic nitrogens is 2. The van der Waals surface area contributed by atoms with Crippen LogP contribution in [0.25, 0.3) is 5.69 Å². The Balaban J connectivity index is 1.83. The average Bonchev–Trinajstić information content (AvgIpc) is 3.41. The molecule has 4 rings (SSSR count). The van der Waals surface area contributed by atoms with Crippen molar-refractivity contribution in [3.63, 3.8) is 0 Å². The molecule has 0 saturated carbocycles. The Bertz CT molecular complexity index is 1070. The highest BCUT2D eigenvalue weighted by molar-refractivity contribution is 7.80. The first kappa shape index (κ1) is 21.0. The summed E-state index contributed by atoms with van der Waals surface area (Å²) in [5.41, 5.74) is 3.04. The molecular weight excluding hydrogens is 412 g/mol. The van der Waals surface area contributed by atoms with E-state index < -0.39 is 5.97 Å². The lowest BCUT2D eigenvalue weighted by atomic mass is 10.0. The molecule has 1 fully saturated rings. The molecule has 1 saturated heterocycles. The summed E-state index contributed by atoms with van der Waals surface area (Å²) < 4.78 is 6.98. The Labute approximate surface area is 186 Å². The minimum absolute atomic E-state index is 0.0757. The van der Waals surface area contributed by atoms with Crippen LogP contribution in [0, 0.1) is 0 Å². The molecular formula is C23H24N4O3S. The van der Waals surface area contributed by atoms with E-state index in [4.69, 9.17) is 17.0 Å². The predicted molar refractivity (Wildman–Crippen MR) is 121 cm³/mol. The fourth-order valence-corrected chi connectivity index (χ4v) is 4.36. The molecule has 2 N–H and O–H groups in total. The number of aliphatic hydroxyl groups excluding tert-OH is 1. The first-order valence-electron chi connectivity index (χ1n) is 10.1. The molecule has 1 aromatic carbocycles. The summed E-state index contributed by atoms with van der Waals surface area (Å²) in [7, 11) is 1.38. The smallest absolute Gasteiger partial charge is 0.339 e. The summed E-state index contributed by atoms with van der Waals surface area (Å²) in [4.78, 5) is 19.0. The van der Waals surface area contributed by atoms with E-state index in [1.54, 1.807) is 12.3 Å². The van der Waals surface area contributed by atoms with Gasteiger partial charge in [-0.3, -0.25) is 4.98 Å². The van der Waals surface area contributed by atoms with Crippen molar-refractivity contribution in [2.45, 2.75) is 18.5 Å². The molecule has 0 spiro atoms. The Hall–Kier alpha value is -3.23. The highest BCUT2D eigenvalue weighted by Crippen LogP contribution is 2.39. The van der Waals surface area contributed by atoms with Gasteiger partial charge in [-0.05, 0) is 55.0 Å². The van der Waals surface area contributed by atoms with Gasteiger partial charge >= 0.3 is 5.97 Å². The largest absolute Gasteiger partial charge is 0.465 e. The first-order valence-corrected chi connectivity index (χ1v) is 10.5. The zero-order valence-electron chi connectivity index (χ0n) is 17.1.